The van der Waals surface area contributed by atoms with Crippen molar-refractivity contribution in [3.8, 4) is 11.5 Å². The van der Waals surface area contributed by atoms with Gasteiger partial charge in [0.25, 0.3) is 0 Å². The Morgan fingerprint density at radius 3 is 2.57 bits per heavy atom. The summed E-state index contributed by atoms with van der Waals surface area (Å²) in [7, 11) is 1.53. The van der Waals surface area contributed by atoms with Crippen molar-refractivity contribution in [3.63, 3.8) is 0 Å². The molecule has 1 rings (SSSR count). The summed E-state index contributed by atoms with van der Waals surface area (Å²) >= 11 is 3.40. The number of hydrogen-bond acceptors (Lipinski definition) is 3. The third-order valence-electron chi connectivity index (χ3n) is 2.65. The zero-order valence-electron chi connectivity index (χ0n) is 12.0. The Morgan fingerprint density at radius 2 is 2.00 bits per heavy atom. The van der Waals surface area contributed by atoms with E-state index in [1.807, 2.05) is 13.0 Å². The van der Waals surface area contributed by atoms with E-state index in [0.717, 1.165) is 16.5 Å². The van der Waals surface area contributed by atoms with E-state index in [1.54, 1.807) is 6.07 Å². The summed E-state index contributed by atoms with van der Waals surface area (Å²) in [5, 5.41) is 2.76. The highest BCUT2D eigenvalue weighted by atomic mass is 79.9. The van der Waals surface area contributed by atoms with Crippen molar-refractivity contribution in [2.45, 2.75) is 32.5 Å². The molecule has 0 fully saturated rings. The molecule has 1 N–H and O–H groups in total. The van der Waals surface area contributed by atoms with Crippen molar-refractivity contribution < 1.29 is 22.6 Å². The second-order valence-electron chi connectivity index (χ2n) is 4.50. The number of benzene rings is 1. The minimum absolute atomic E-state index is 0.114. The van der Waals surface area contributed by atoms with E-state index in [1.165, 1.54) is 7.11 Å². The van der Waals surface area contributed by atoms with E-state index in [2.05, 4.69) is 21.2 Å². The summed E-state index contributed by atoms with van der Waals surface area (Å²) in [6, 6.07) is 3.57. The van der Waals surface area contributed by atoms with Crippen molar-refractivity contribution in [2.75, 3.05) is 20.3 Å². The molecule has 1 aromatic carbocycles. The van der Waals surface area contributed by atoms with Gasteiger partial charge in [0.15, 0.2) is 11.5 Å². The van der Waals surface area contributed by atoms with Crippen molar-refractivity contribution in [3.05, 3.63) is 22.2 Å². The van der Waals surface area contributed by atoms with Gasteiger partial charge in [-0.2, -0.15) is 13.2 Å². The minimum Gasteiger partial charge on any atom is -0.493 e. The monoisotopic (exact) mass is 369 g/mol. The molecule has 0 saturated carbocycles. The summed E-state index contributed by atoms with van der Waals surface area (Å²) in [5.41, 5.74) is 0.824. The van der Waals surface area contributed by atoms with Gasteiger partial charge in [0, 0.05) is 13.1 Å². The van der Waals surface area contributed by atoms with Gasteiger partial charge in [-0.1, -0.05) is 6.92 Å². The number of methoxy groups -OCH3 is 1. The first-order valence-electron chi connectivity index (χ1n) is 6.64. The molecule has 0 amide bonds. The second kappa shape index (κ2) is 8.48. The van der Waals surface area contributed by atoms with Crippen LogP contribution in [0.15, 0.2) is 16.6 Å². The molecule has 0 saturated heterocycles. The second-order valence-corrected chi connectivity index (χ2v) is 5.35. The number of nitrogens with one attached hydrogen (secondary N) is 1. The van der Waals surface area contributed by atoms with Gasteiger partial charge in [-0.25, -0.2) is 0 Å². The molecule has 0 radical (unpaired) electrons. The summed E-state index contributed by atoms with van der Waals surface area (Å²) in [6.45, 7) is 2.79. The maximum atomic E-state index is 12.1. The molecule has 7 heteroatoms. The van der Waals surface area contributed by atoms with Crippen LogP contribution in [0.25, 0.3) is 0 Å². The van der Waals surface area contributed by atoms with E-state index >= 15 is 0 Å². The first-order valence-corrected chi connectivity index (χ1v) is 7.43. The Labute approximate surface area is 130 Å². The molecule has 0 aromatic heterocycles. The average molecular weight is 370 g/mol. The van der Waals surface area contributed by atoms with Crippen LogP contribution in [0.5, 0.6) is 11.5 Å². The van der Waals surface area contributed by atoms with E-state index < -0.39 is 12.6 Å². The van der Waals surface area contributed by atoms with E-state index in [0.29, 0.717) is 24.7 Å². The summed E-state index contributed by atoms with van der Waals surface area (Å²) in [6.07, 6.45) is -4.11. The van der Waals surface area contributed by atoms with Gasteiger partial charge in [0.2, 0.25) is 0 Å². The lowest BCUT2D eigenvalue weighted by Gasteiger charge is -2.14. The van der Waals surface area contributed by atoms with Gasteiger partial charge in [-0.15, -0.1) is 0 Å². The fraction of sp³-hybridized carbons (Fsp3) is 0.571. The SMILES string of the molecule is CCCOc1c(Br)cc(CNCCC(F)(F)F)cc1OC. The fourth-order valence-corrected chi connectivity index (χ4v) is 2.29. The number of alkyl halides is 3. The number of halogens is 4. The molecular weight excluding hydrogens is 351 g/mol. The van der Waals surface area contributed by atoms with E-state index in [4.69, 9.17) is 9.47 Å². The quantitative estimate of drug-likeness (QED) is 0.693. The van der Waals surface area contributed by atoms with Crippen LogP contribution in [0, 0.1) is 0 Å². The average Bonchev–Trinajstić information content (AvgIpc) is 2.41. The Morgan fingerprint density at radius 1 is 1.29 bits per heavy atom. The van der Waals surface area contributed by atoms with Crippen LogP contribution >= 0.6 is 15.9 Å². The van der Waals surface area contributed by atoms with Gasteiger partial charge in [0.1, 0.15) is 0 Å². The predicted molar refractivity (Wildman–Crippen MR) is 78.9 cm³/mol. The van der Waals surface area contributed by atoms with Gasteiger partial charge >= 0.3 is 6.18 Å². The first kappa shape index (κ1) is 18.1. The molecule has 0 heterocycles. The lowest BCUT2D eigenvalue weighted by atomic mass is 10.2. The molecule has 0 aliphatic heterocycles. The smallest absolute Gasteiger partial charge is 0.390 e. The molecule has 0 aliphatic carbocycles. The van der Waals surface area contributed by atoms with Crippen LogP contribution in [-0.2, 0) is 6.54 Å². The molecule has 0 unspecified atom stereocenters. The Bertz CT molecular complexity index is 453. The summed E-state index contributed by atoms with van der Waals surface area (Å²) < 4.78 is 47.7. The van der Waals surface area contributed by atoms with Gasteiger partial charge < -0.3 is 14.8 Å². The molecular formula is C14H19BrF3NO2. The molecule has 0 atom stereocenters. The van der Waals surface area contributed by atoms with Crippen LogP contribution in [0.2, 0.25) is 0 Å². The van der Waals surface area contributed by atoms with E-state index in [-0.39, 0.29) is 6.54 Å². The Balaban J connectivity index is 2.65. The number of hydrogen-bond donors (Lipinski definition) is 1. The molecule has 0 spiro atoms. The van der Waals surface area contributed by atoms with Crippen molar-refractivity contribution in [1.29, 1.82) is 0 Å². The highest BCUT2D eigenvalue weighted by Gasteiger charge is 2.25. The van der Waals surface area contributed by atoms with Crippen LogP contribution in [-0.4, -0.2) is 26.4 Å². The zero-order chi connectivity index (χ0) is 15.9. The van der Waals surface area contributed by atoms with Crippen LogP contribution in [0.1, 0.15) is 25.3 Å². The topological polar surface area (TPSA) is 30.5 Å². The lowest BCUT2D eigenvalue weighted by Crippen LogP contribution is -2.21. The maximum absolute atomic E-state index is 12.1. The van der Waals surface area contributed by atoms with Crippen molar-refractivity contribution in [2.24, 2.45) is 0 Å². The highest BCUT2D eigenvalue weighted by Crippen LogP contribution is 2.36. The third kappa shape index (κ3) is 6.56. The molecule has 0 aliphatic rings. The Kier molecular flexibility index (Phi) is 7.31. The van der Waals surface area contributed by atoms with Gasteiger partial charge in [0.05, 0.1) is 24.6 Å². The Hall–Kier alpha value is -0.950. The lowest BCUT2D eigenvalue weighted by molar-refractivity contribution is -0.133. The van der Waals surface area contributed by atoms with Crippen molar-refractivity contribution >= 4 is 15.9 Å². The van der Waals surface area contributed by atoms with Crippen molar-refractivity contribution in [1.82, 2.24) is 5.32 Å². The number of rotatable bonds is 8. The maximum Gasteiger partial charge on any atom is 0.390 e. The normalized spacial score (nSPS) is 11.5. The van der Waals surface area contributed by atoms with E-state index in [9.17, 15) is 13.2 Å². The molecule has 3 nitrogen and oxygen atoms in total. The van der Waals surface area contributed by atoms with Gasteiger partial charge in [-0.05, 0) is 40.0 Å². The zero-order valence-corrected chi connectivity index (χ0v) is 13.6. The number of ether oxygens (including phenoxy) is 2. The molecule has 0 bridgehead atoms. The van der Waals surface area contributed by atoms with Crippen LogP contribution in [0.4, 0.5) is 13.2 Å². The summed E-state index contributed by atoms with van der Waals surface area (Å²) in [4.78, 5) is 0. The standard InChI is InChI=1S/C14H19BrF3NO2/c1-3-6-21-13-11(15)7-10(8-12(13)20-2)9-19-5-4-14(16,17)18/h7-8,19H,3-6,9H2,1-2H3. The molecule has 1 aromatic rings. The minimum atomic E-state index is -4.14. The molecule has 21 heavy (non-hydrogen) atoms. The predicted octanol–water partition coefficient (Wildman–Crippen LogP) is 4.29. The fourth-order valence-electron chi connectivity index (χ4n) is 1.68. The molecule has 120 valence electrons. The van der Waals surface area contributed by atoms with Gasteiger partial charge in [-0.3, -0.25) is 0 Å². The highest BCUT2D eigenvalue weighted by molar-refractivity contribution is 9.10. The third-order valence-corrected chi connectivity index (χ3v) is 3.24. The van der Waals surface area contributed by atoms with Crippen LogP contribution < -0.4 is 14.8 Å². The summed E-state index contributed by atoms with van der Waals surface area (Å²) in [5.74, 6) is 1.17. The largest absolute Gasteiger partial charge is 0.493 e. The first-order chi connectivity index (χ1) is 9.87. The van der Waals surface area contributed by atoms with Crippen LogP contribution in [0.3, 0.4) is 0 Å².